The van der Waals surface area contributed by atoms with Crippen LogP contribution in [0.25, 0.3) is 0 Å². The number of esters is 1. The molecule has 0 saturated heterocycles. The predicted octanol–water partition coefficient (Wildman–Crippen LogP) is 4.96. The van der Waals surface area contributed by atoms with E-state index in [1.54, 1.807) is 30.3 Å². The van der Waals surface area contributed by atoms with Gasteiger partial charge in [-0.3, -0.25) is 0 Å². The number of rotatable bonds is 3. The van der Waals surface area contributed by atoms with Crippen molar-refractivity contribution in [1.29, 1.82) is 0 Å². The van der Waals surface area contributed by atoms with Crippen molar-refractivity contribution in [1.82, 2.24) is 0 Å². The molecule has 0 amide bonds. The molecule has 0 aliphatic rings. The van der Waals surface area contributed by atoms with Gasteiger partial charge in [-0.2, -0.15) is 0 Å². The van der Waals surface area contributed by atoms with Crippen LogP contribution in [0.2, 0.25) is 10.0 Å². The fraction of sp³-hybridized carbons (Fsp3) is 0.0714. The molecule has 0 radical (unpaired) electrons. The first-order valence-corrected chi connectivity index (χ1v) is 7.27. The monoisotopic (exact) mass is 406 g/mol. The second-order valence-corrected chi connectivity index (χ2v) is 5.84. The van der Waals surface area contributed by atoms with Gasteiger partial charge in [0.15, 0.2) is 0 Å². The third-order valence-corrected chi connectivity index (χ3v) is 3.92. The summed E-state index contributed by atoms with van der Waals surface area (Å²) in [6.45, 7) is 0.0589. The van der Waals surface area contributed by atoms with E-state index in [9.17, 15) is 4.79 Å². The van der Waals surface area contributed by atoms with E-state index in [1.165, 1.54) is 0 Å². The van der Waals surface area contributed by atoms with Crippen molar-refractivity contribution in [3.05, 3.63) is 67.2 Å². The summed E-state index contributed by atoms with van der Waals surface area (Å²) >= 11 is 14.2. The Balaban J connectivity index is 2.06. The fourth-order valence-corrected chi connectivity index (χ4v) is 2.34. The minimum Gasteiger partial charge on any atom is -0.457 e. The highest BCUT2D eigenvalue weighted by molar-refractivity contribution is 14.1. The molecule has 0 aliphatic heterocycles. The second kappa shape index (κ2) is 6.59. The number of ether oxygens (including phenoxy) is 1. The Bertz CT molecular complexity index is 577. The normalized spacial score (nSPS) is 10.3. The zero-order valence-corrected chi connectivity index (χ0v) is 13.4. The Morgan fingerprint density at radius 1 is 1.05 bits per heavy atom. The van der Waals surface area contributed by atoms with Gasteiger partial charge in [0, 0.05) is 19.2 Å². The molecule has 19 heavy (non-hydrogen) atoms. The largest absolute Gasteiger partial charge is 0.457 e. The van der Waals surface area contributed by atoms with E-state index in [0.717, 1.165) is 3.57 Å². The van der Waals surface area contributed by atoms with Gasteiger partial charge in [-0.1, -0.05) is 29.3 Å². The molecule has 0 atom stereocenters. The Labute approximate surface area is 134 Å². The zero-order chi connectivity index (χ0) is 13.8. The van der Waals surface area contributed by atoms with Crippen molar-refractivity contribution in [2.75, 3.05) is 0 Å². The van der Waals surface area contributed by atoms with Gasteiger partial charge in [0.2, 0.25) is 0 Å². The van der Waals surface area contributed by atoms with Gasteiger partial charge in [-0.05, 0) is 59.0 Å². The van der Waals surface area contributed by atoms with Crippen LogP contribution in [0.1, 0.15) is 15.9 Å². The summed E-state index contributed by atoms with van der Waals surface area (Å²) in [4.78, 5) is 11.8. The molecule has 2 aromatic carbocycles. The maximum atomic E-state index is 11.8. The summed E-state index contributed by atoms with van der Waals surface area (Å²) in [7, 11) is 0. The molecule has 2 nitrogen and oxygen atoms in total. The summed E-state index contributed by atoms with van der Waals surface area (Å²) in [5, 5.41) is 0.978. The van der Waals surface area contributed by atoms with E-state index in [4.69, 9.17) is 27.9 Å². The Kier molecular flexibility index (Phi) is 5.07. The lowest BCUT2D eigenvalue weighted by atomic mass is 10.2. The molecule has 0 unspecified atom stereocenters. The van der Waals surface area contributed by atoms with Gasteiger partial charge >= 0.3 is 5.97 Å². The smallest absolute Gasteiger partial charge is 0.338 e. The average molecular weight is 407 g/mol. The van der Waals surface area contributed by atoms with Gasteiger partial charge in [-0.15, -0.1) is 0 Å². The standard InChI is InChI=1S/C14H9Cl2IO2/c15-12-2-1-3-13(16)11(12)8-19-14(18)9-4-6-10(17)7-5-9/h1-7H,8H2. The highest BCUT2D eigenvalue weighted by Gasteiger charge is 2.10. The minimum absolute atomic E-state index is 0.0589. The van der Waals surface area contributed by atoms with Crippen LogP contribution in [0.3, 0.4) is 0 Å². The highest BCUT2D eigenvalue weighted by Crippen LogP contribution is 2.25. The first-order valence-electron chi connectivity index (χ1n) is 5.43. The molecule has 98 valence electrons. The highest BCUT2D eigenvalue weighted by atomic mass is 127. The number of hydrogen-bond donors (Lipinski definition) is 0. The second-order valence-electron chi connectivity index (χ2n) is 3.78. The molecule has 0 aliphatic carbocycles. The van der Waals surface area contributed by atoms with Crippen molar-refractivity contribution in [2.24, 2.45) is 0 Å². The summed E-state index contributed by atoms with van der Waals surface area (Å²) in [5.41, 5.74) is 1.12. The molecule has 0 N–H and O–H groups in total. The van der Waals surface area contributed by atoms with E-state index in [0.29, 0.717) is 21.2 Å². The predicted molar refractivity (Wildman–Crippen MR) is 84.7 cm³/mol. The molecule has 5 heteroatoms. The van der Waals surface area contributed by atoms with Crippen LogP contribution in [0.5, 0.6) is 0 Å². The Hall–Kier alpha value is -0.780. The lowest BCUT2D eigenvalue weighted by molar-refractivity contribution is 0.0473. The van der Waals surface area contributed by atoms with Crippen LogP contribution >= 0.6 is 45.8 Å². The molecule has 2 aromatic rings. The quantitative estimate of drug-likeness (QED) is 0.532. The van der Waals surface area contributed by atoms with Gasteiger partial charge in [0.05, 0.1) is 5.56 Å². The zero-order valence-electron chi connectivity index (χ0n) is 9.70. The Morgan fingerprint density at radius 2 is 1.63 bits per heavy atom. The first kappa shape index (κ1) is 14.6. The minimum atomic E-state index is -0.396. The number of carbonyl (C=O) groups is 1. The van der Waals surface area contributed by atoms with E-state index >= 15 is 0 Å². The van der Waals surface area contributed by atoms with Crippen molar-refractivity contribution < 1.29 is 9.53 Å². The number of benzene rings is 2. The van der Waals surface area contributed by atoms with Crippen LogP contribution in [0.4, 0.5) is 0 Å². The molecular formula is C14H9Cl2IO2. The average Bonchev–Trinajstić information content (AvgIpc) is 2.38. The van der Waals surface area contributed by atoms with Crippen LogP contribution in [0, 0.1) is 3.57 Å². The maximum Gasteiger partial charge on any atom is 0.338 e. The van der Waals surface area contributed by atoms with E-state index in [-0.39, 0.29) is 6.61 Å². The third-order valence-electron chi connectivity index (χ3n) is 2.49. The van der Waals surface area contributed by atoms with E-state index in [2.05, 4.69) is 22.6 Å². The van der Waals surface area contributed by atoms with E-state index < -0.39 is 5.97 Å². The van der Waals surface area contributed by atoms with Crippen LogP contribution in [-0.4, -0.2) is 5.97 Å². The number of hydrogen-bond acceptors (Lipinski definition) is 2. The maximum absolute atomic E-state index is 11.8. The summed E-state index contributed by atoms with van der Waals surface area (Å²) in [5.74, 6) is -0.396. The van der Waals surface area contributed by atoms with E-state index in [1.807, 2.05) is 12.1 Å². The molecule has 0 saturated carbocycles. The van der Waals surface area contributed by atoms with Crippen LogP contribution in [-0.2, 0) is 11.3 Å². The molecular weight excluding hydrogens is 398 g/mol. The summed E-state index contributed by atoms with van der Waals surface area (Å²) < 4.78 is 6.26. The fourth-order valence-electron chi connectivity index (χ4n) is 1.48. The van der Waals surface area contributed by atoms with Gasteiger partial charge in [0.25, 0.3) is 0 Å². The van der Waals surface area contributed by atoms with Crippen molar-refractivity contribution in [2.45, 2.75) is 6.61 Å². The molecule has 0 aromatic heterocycles. The lowest BCUT2D eigenvalue weighted by Gasteiger charge is -2.08. The first-order chi connectivity index (χ1) is 9.08. The SMILES string of the molecule is O=C(OCc1c(Cl)cccc1Cl)c1ccc(I)cc1. The van der Waals surface area contributed by atoms with Gasteiger partial charge < -0.3 is 4.74 Å². The third kappa shape index (κ3) is 3.84. The van der Waals surface area contributed by atoms with Crippen LogP contribution in [0.15, 0.2) is 42.5 Å². The number of halogens is 3. The van der Waals surface area contributed by atoms with Gasteiger partial charge in [-0.25, -0.2) is 4.79 Å². The topological polar surface area (TPSA) is 26.3 Å². The van der Waals surface area contributed by atoms with Crippen molar-refractivity contribution >= 4 is 51.8 Å². The lowest BCUT2D eigenvalue weighted by Crippen LogP contribution is -2.05. The molecule has 0 bridgehead atoms. The molecule has 0 heterocycles. The Morgan fingerprint density at radius 3 is 2.21 bits per heavy atom. The number of carbonyl (C=O) groups excluding carboxylic acids is 1. The van der Waals surface area contributed by atoms with Crippen molar-refractivity contribution in [3.8, 4) is 0 Å². The summed E-state index contributed by atoms with van der Waals surface area (Å²) in [6, 6.07) is 12.3. The summed E-state index contributed by atoms with van der Waals surface area (Å²) in [6.07, 6.45) is 0. The molecule has 0 spiro atoms. The van der Waals surface area contributed by atoms with Crippen molar-refractivity contribution in [3.63, 3.8) is 0 Å². The molecule has 0 fully saturated rings. The molecule has 2 rings (SSSR count). The van der Waals surface area contributed by atoms with Crippen LogP contribution < -0.4 is 0 Å². The van der Waals surface area contributed by atoms with Gasteiger partial charge in [0.1, 0.15) is 6.61 Å².